The Labute approximate surface area is 152 Å². The first-order chi connectivity index (χ1) is 12.3. The molecular formula is C17H21N5O3S. The van der Waals surface area contributed by atoms with Crippen LogP contribution >= 0.6 is 0 Å². The SMILES string of the molecule is CC(C)c1noc([C@@H]2C[C@H](NS(=O)(=O)c3ccc(C#N)cc3)CN2C)n1. The normalized spacial score (nSPS) is 21.2. The monoisotopic (exact) mass is 375 g/mol. The third-order valence-corrected chi connectivity index (χ3v) is 5.96. The summed E-state index contributed by atoms with van der Waals surface area (Å²) in [5, 5.41) is 12.8. The maximum Gasteiger partial charge on any atom is 0.244 e. The Balaban J connectivity index is 1.71. The summed E-state index contributed by atoms with van der Waals surface area (Å²) in [7, 11) is -1.76. The summed E-state index contributed by atoms with van der Waals surface area (Å²) in [5.74, 6) is 1.33. The number of nitriles is 1. The van der Waals surface area contributed by atoms with Crippen LogP contribution in [-0.4, -0.2) is 43.1 Å². The molecule has 26 heavy (non-hydrogen) atoms. The smallest absolute Gasteiger partial charge is 0.244 e. The van der Waals surface area contributed by atoms with Crippen LogP contribution in [0.3, 0.4) is 0 Å². The van der Waals surface area contributed by atoms with Crippen LogP contribution in [0.25, 0.3) is 0 Å². The molecule has 2 atom stereocenters. The molecule has 3 rings (SSSR count). The highest BCUT2D eigenvalue weighted by Gasteiger charge is 2.36. The van der Waals surface area contributed by atoms with E-state index in [1.165, 1.54) is 24.3 Å². The number of likely N-dealkylation sites (N-methyl/N-ethyl adjacent to an activating group) is 1. The molecule has 1 fully saturated rings. The minimum Gasteiger partial charge on any atom is -0.338 e. The van der Waals surface area contributed by atoms with Crippen molar-refractivity contribution in [1.29, 1.82) is 5.26 Å². The molecule has 1 N–H and O–H groups in total. The van der Waals surface area contributed by atoms with Gasteiger partial charge in [-0.25, -0.2) is 13.1 Å². The number of nitrogens with zero attached hydrogens (tertiary/aromatic N) is 4. The summed E-state index contributed by atoms with van der Waals surface area (Å²) in [6.45, 7) is 4.52. The Morgan fingerprint density at radius 3 is 2.62 bits per heavy atom. The highest BCUT2D eigenvalue weighted by molar-refractivity contribution is 7.89. The van der Waals surface area contributed by atoms with Gasteiger partial charge in [-0.1, -0.05) is 19.0 Å². The van der Waals surface area contributed by atoms with E-state index in [0.717, 1.165) is 0 Å². The average Bonchev–Trinajstić information content (AvgIpc) is 3.21. The van der Waals surface area contributed by atoms with Gasteiger partial charge in [0.2, 0.25) is 15.9 Å². The molecule has 0 spiro atoms. The molecule has 2 aromatic rings. The van der Waals surface area contributed by atoms with Gasteiger partial charge in [0.25, 0.3) is 0 Å². The number of nitrogens with one attached hydrogen (secondary N) is 1. The largest absolute Gasteiger partial charge is 0.338 e. The van der Waals surface area contributed by atoms with E-state index < -0.39 is 10.0 Å². The zero-order chi connectivity index (χ0) is 18.9. The second-order valence-electron chi connectivity index (χ2n) is 6.79. The van der Waals surface area contributed by atoms with E-state index >= 15 is 0 Å². The molecule has 138 valence electrons. The number of aromatic nitrogens is 2. The first-order valence-electron chi connectivity index (χ1n) is 8.36. The molecule has 1 aliphatic heterocycles. The summed E-state index contributed by atoms with van der Waals surface area (Å²) in [4.78, 5) is 6.57. The lowest BCUT2D eigenvalue weighted by Crippen LogP contribution is -2.36. The molecule has 9 heteroatoms. The third-order valence-electron chi connectivity index (χ3n) is 4.42. The fourth-order valence-corrected chi connectivity index (χ4v) is 4.23. The van der Waals surface area contributed by atoms with Crippen molar-refractivity contribution in [3.8, 4) is 6.07 Å². The molecule has 0 unspecified atom stereocenters. The molecular weight excluding hydrogens is 354 g/mol. The summed E-state index contributed by atoms with van der Waals surface area (Å²) in [6.07, 6.45) is 0.547. The average molecular weight is 375 g/mol. The molecule has 0 radical (unpaired) electrons. The topological polar surface area (TPSA) is 112 Å². The summed E-state index contributed by atoms with van der Waals surface area (Å²) in [6, 6.07) is 7.44. The minimum atomic E-state index is -3.66. The van der Waals surface area contributed by atoms with Crippen molar-refractivity contribution in [3.63, 3.8) is 0 Å². The summed E-state index contributed by atoms with van der Waals surface area (Å²) in [5.41, 5.74) is 0.418. The molecule has 0 amide bonds. The number of likely N-dealkylation sites (tertiary alicyclic amines) is 1. The number of hydrogen-bond donors (Lipinski definition) is 1. The lowest BCUT2D eigenvalue weighted by Gasteiger charge is -2.14. The predicted molar refractivity (Wildman–Crippen MR) is 93.6 cm³/mol. The van der Waals surface area contributed by atoms with Crippen molar-refractivity contribution in [2.45, 2.75) is 43.2 Å². The van der Waals surface area contributed by atoms with E-state index in [1.807, 2.05) is 31.9 Å². The second-order valence-corrected chi connectivity index (χ2v) is 8.50. The van der Waals surface area contributed by atoms with E-state index in [-0.39, 0.29) is 22.9 Å². The van der Waals surface area contributed by atoms with Crippen LogP contribution in [0, 0.1) is 11.3 Å². The maximum atomic E-state index is 12.6. The molecule has 1 aliphatic rings. The second kappa shape index (κ2) is 7.15. The lowest BCUT2D eigenvalue weighted by atomic mass is 10.2. The van der Waals surface area contributed by atoms with Crippen molar-refractivity contribution in [1.82, 2.24) is 19.8 Å². The van der Waals surface area contributed by atoms with Gasteiger partial charge in [0.15, 0.2) is 5.82 Å². The van der Waals surface area contributed by atoms with Crippen LogP contribution in [0.5, 0.6) is 0 Å². The highest BCUT2D eigenvalue weighted by Crippen LogP contribution is 2.31. The van der Waals surface area contributed by atoms with Gasteiger partial charge >= 0.3 is 0 Å². The van der Waals surface area contributed by atoms with Crippen LogP contribution < -0.4 is 4.72 Å². The van der Waals surface area contributed by atoms with Crippen molar-refractivity contribution >= 4 is 10.0 Å². The molecule has 2 heterocycles. The first kappa shape index (κ1) is 18.5. The number of sulfonamides is 1. The standard InChI is InChI=1S/C17H21N5O3S/c1-11(2)16-19-17(25-20-16)15-8-13(10-22(15)3)21-26(23,24)14-6-4-12(9-18)5-7-14/h4-7,11,13,15,21H,8,10H2,1-3H3/t13-,15-/m0/s1. The Morgan fingerprint density at radius 2 is 2.04 bits per heavy atom. The summed E-state index contributed by atoms with van der Waals surface area (Å²) >= 11 is 0. The van der Waals surface area contributed by atoms with E-state index in [2.05, 4.69) is 14.9 Å². The molecule has 1 aromatic heterocycles. The fourth-order valence-electron chi connectivity index (χ4n) is 2.99. The van der Waals surface area contributed by atoms with Crippen LogP contribution in [-0.2, 0) is 10.0 Å². The Hall–Kier alpha value is -2.28. The molecule has 1 aromatic carbocycles. The quantitative estimate of drug-likeness (QED) is 0.848. The Kier molecular flexibility index (Phi) is 5.09. The van der Waals surface area contributed by atoms with E-state index in [9.17, 15) is 8.42 Å². The van der Waals surface area contributed by atoms with Gasteiger partial charge in [-0.15, -0.1) is 0 Å². The Bertz CT molecular complexity index is 915. The first-order valence-corrected chi connectivity index (χ1v) is 9.84. The van der Waals surface area contributed by atoms with Crippen LogP contribution in [0.4, 0.5) is 0 Å². The zero-order valence-electron chi connectivity index (χ0n) is 14.9. The number of hydrogen-bond acceptors (Lipinski definition) is 7. The molecule has 0 bridgehead atoms. The van der Waals surface area contributed by atoms with Gasteiger partial charge < -0.3 is 4.52 Å². The van der Waals surface area contributed by atoms with Gasteiger partial charge in [-0.3, -0.25) is 4.90 Å². The van der Waals surface area contributed by atoms with Crippen molar-refractivity contribution in [3.05, 3.63) is 41.5 Å². The molecule has 8 nitrogen and oxygen atoms in total. The van der Waals surface area contributed by atoms with Gasteiger partial charge in [0.1, 0.15) is 0 Å². The van der Waals surface area contributed by atoms with E-state index in [1.54, 1.807) is 0 Å². The van der Waals surface area contributed by atoms with Gasteiger partial charge in [0, 0.05) is 18.5 Å². The maximum absolute atomic E-state index is 12.6. The predicted octanol–water partition coefficient (Wildman–Crippen LogP) is 1.79. The van der Waals surface area contributed by atoms with Gasteiger partial charge in [0.05, 0.1) is 22.6 Å². The molecule has 0 saturated carbocycles. The van der Waals surface area contributed by atoms with Gasteiger partial charge in [-0.2, -0.15) is 10.2 Å². The molecule has 0 aliphatic carbocycles. The van der Waals surface area contributed by atoms with Crippen LogP contribution in [0.1, 0.15) is 49.5 Å². The fraction of sp³-hybridized carbons (Fsp3) is 0.471. The van der Waals surface area contributed by atoms with Crippen molar-refractivity contribution < 1.29 is 12.9 Å². The van der Waals surface area contributed by atoms with Gasteiger partial charge in [-0.05, 0) is 37.7 Å². The van der Waals surface area contributed by atoms with Crippen LogP contribution in [0.15, 0.2) is 33.7 Å². The highest BCUT2D eigenvalue weighted by atomic mass is 32.2. The zero-order valence-corrected chi connectivity index (χ0v) is 15.7. The lowest BCUT2D eigenvalue weighted by molar-refractivity contribution is 0.244. The van der Waals surface area contributed by atoms with Crippen molar-refractivity contribution in [2.75, 3.05) is 13.6 Å². The van der Waals surface area contributed by atoms with E-state index in [0.29, 0.717) is 30.2 Å². The summed E-state index contributed by atoms with van der Waals surface area (Å²) < 4.78 is 33.2. The number of benzene rings is 1. The van der Waals surface area contributed by atoms with Crippen LogP contribution in [0.2, 0.25) is 0 Å². The minimum absolute atomic E-state index is 0.122. The molecule has 1 saturated heterocycles. The Morgan fingerprint density at radius 1 is 1.35 bits per heavy atom. The number of rotatable bonds is 5. The third kappa shape index (κ3) is 3.77. The van der Waals surface area contributed by atoms with E-state index in [4.69, 9.17) is 9.78 Å². The van der Waals surface area contributed by atoms with Crippen molar-refractivity contribution in [2.24, 2.45) is 0 Å².